The smallest absolute Gasteiger partial charge is 0.158 e. The highest BCUT2D eigenvalue weighted by Gasteiger charge is 2.15. The number of allylic oxidation sites excluding steroid dienone is 1. The summed E-state index contributed by atoms with van der Waals surface area (Å²) in [5.74, 6) is 0.992. The fourth-order valence-corrected chi connectivity index (χ4v) is 2.46. The SMILES string of the molecule is C=C(C)c1nnc(Nc2cnc(C#N)cn2)cc1NCC1CNCCO1. The van der Waals surface area contributed by atoms with Crippen LogP contribution in [-0.2, 0) is 4.74 Å². The Morgan fingerprint density at radius 3 is 2.92 bits per heavy atom. The molecule has 134 valence electrons. The molecule has 1 atom stereocenters. The molecule has 26 heavy (non-hydrogen) atoms. The molecule has 1 aliphatic heterocycles. The van der Waals surface area contributed by atoms with E-state index >= 15 is 0 Å². The second-order valence-electron chi connectivity index (χ2n) is 5.87. The summed E-state index contributed by atoms with van der Waals surface area (Å²) in [6, 6.07) is 3.77. The average Bonchev–Trinajstić information content (AvgIpc) is 2.68. The van der Waals surface area contributed by atoms with Crippen molar-refractivity contribution in [3.05, 3.63) is 36.4 Å². The van der Waals surface area contributed by atoms with Gasteiger partial charge in [-0.05, 0) is 12.5 Å². The molecule has 0 bridgehead atoms. The summed E-state index contributed by atoms with van der Waals surface area (Å²) in [4.78, 5) is 8.09. The molecule has 0 spiro atoms. The highest BCUT2D eigenvalue weighted by atomic mass is 16.5. The van der Waals surface area contributed by atoms with Crippen LogP contribution >= 0.6 is 0 Å². The van der Waals surface area contributed by atoms with Crippen LogP contribution in [0.1, 0.15) is 18.3 Å². The lowest BCUT2D eigenvalue weighted by atomic mass is 10.2. The third-order valence-corrected chi connectivity index (χ3v) is 3.75. The lowest BCUT2D eigenvalue weighted by Gasteiger charge is -2.24. The molecule has 1 saturated heterocycles. The van der Waals surface area contributed by atoms with Crippen molar-refractivity contribution >= 4 is 22.9 Å². The molecule has 3 N–H and O–H groups in total. The Morgan fingerprint density at radius 2 is 2.27 bits per heavy atom. The monoisotopic (exact) mass is 352 g/mol. The molecule has 1 aliphatic rings. The zero-order chi connectivity index (χ0) is 18.4. The molecule has 1 fully saturated rings. The number of ether oxygens (including phenoxy) is 1. The Bertz CT molecular complexity index is 809. The van der Waals surface area contributed by atoms with Gasteiger partial charge in [-0.2, -0.15) is 5.26 Å². The lowest BCUT2D eigenvalue weighted by Crippen LogP contribution is -2.42. The second-order valence-corrected chi connectivity index (χ2v) is 5.87. The van der Waals surface area contributed by atoms with Crippen LogP contribution in [0.2, 0.25) is 0 Å². The van der Waals surface area contributed by atoms with Crippen molar-refractivity contribution in [3.63, 3.8) is 0 Å². The Hall–Kier alpha value is -3.09. The van der Waals surface area contributed by atoms with E-state index in [1.807, 2.05) is 19.1 Å². The fraction of sp³-hybridized carbons (Fsp3) is 0.353. The average molecular weight is 352 g/mol. The zero-order valence-corrected chi connectivity index (χ0v) is 14.5. The number of nitrogens with zero attached hydrogens (tertiary/aromatic N) is 5. The first-order valence-corrected chi connectivity index (χ1v) is 8.24. The molecule has 0 saturated carbocycles. The van der Waals surface area contributed by atoms with Gasteiger partial charge < -0.3 is 20.7 Å². The van der Waals surface area contributed by atoms with Gasteiger partial charge >= 0.3 is 0 Å². The minimum absolute atomic E-state index is 0.0932. The molecule has 2 aromatic rings. The summed E-state index contributed by atoms with van der Waals surface area (Å²) in [6.45, 7) is 8.88. The van der Waals surface area contributed by atoms with Crippen molar-refractivity contribution in [3.8, 4) is 6.07 Å². The van der Waals surface area contributed by atoms with Crippen molar-refractivity contribution in [2.45, 2.75) is 13.0 Å². The van der Waals surface area contributed by atoms with Crippen molar-refractivity contribution in [1.82, 2.24) is 25.5 Å². The molecule has 0 aliphatic carbocycles. The lowest BCUT2D eigenvalue weighted by molar-refractivity contribution is 0.0372. The van der Waals surface area contributed by atoms with Crippen LogP contribution in [0, 0.1) is 11.3 Å². The van der Waals surface area contributed by atoms with E-state index in [1.165, 1.54) is 12.4 Å². The van der Waals surface area contributed by atoms with Gasteiger partial charge in [0, 0.05) is 25.7 Å². The first-order chi connectivity index (χ1) is 12.7. The van der Waals surface area contributed by atoms with Gasteiger partial charge in [-0.1, -0.05) is 6.58 Å². The number of nitrogens with one attached hydrogen (secondary N) is 3. The Balaban J connectivity index is 1.74. The first kappa shape index (κ1) is 17.7. The quantitative estimate of drug-likeness (QED) is 0.706. The summed E-state index contributed by atoms with van der Waals surface area (Å²) in [6.07, 6.45) is 2.96. The Morgan fingerprint density at radius 1 is 1.38 bits per heavy atom. The van der Waals surface area contributed by atoms with E-state index in [-0.39, 0.29) is 11.8 Å². The zero-order valence-electron chi connectivity index (χ0n) is 14.5. The number of anilines is 3. The van der Waals surface area contributed by atoms with Crippen LogP contribution in [0.5, 0.6) is 0 Å². The van der Waals surface area contributed by atoms with Crippen LogP contribution in [0.3, 0.4) is 0 Å². The molecule has 9 heteroatoms. The van der Waals surface area contributed by atoms with Gasteiger partial charge in [0.15, 0.2) is 11.5 Å². The summed E-state index contributed by atoms with van der Waals surface area (Å²) in [5.41, 5.74) is 2.58. The van der Waals surface area contributed by atoms with Crippen LogP contribution in [0.25, 0.3) is 5.57 Å². The third kappa shape index (κ3) is 4.50. The highest BCUT2D eigenvalue weighted by molar-refractivity contribution is 5.73. The molecule has 2 aromatic heterocycles. The van der Waals surface area contributed by atoms with Crippen LogP contribution in [-0.4, -0.2) is 52.5 Å². The minimum Gasteiger partial charge on any atom is -0.380 e. The molecule has 3 heterocycles. The maximum Gasteiger partial charge on any atom is 0.158 e. The molecular formula is C17H20N8O. The van der Waals surface area contributed by atoms with Gasteiger partial charge in [0.1, 0.15) is 17.6 Å². The summed E-state index contributed by atoms with van der Waals surface area (Å²) in [5, 5.41) is 26.9. The van der Waals surface area contributed by atoms with E-state index in [4.69, 9.17) is 10.00 Å². The van der Waals surface area contributed by atoms with E-state index in [1.54, 1.807) is 0 Å². The highest BCUT2D eigenvalue weighted by Crippen LogP contribution is 2.23. The maximum atomic E-state index is 8.78. The Labute approximate surface area is 151 Å². The van der Waals surface area contributed by atoms with Gasteiger partial charge in [-0.3, -0.25) is 0 Å². The summed E-state index contributed by atoms with van der Waals surface area (Å²) in [7, 11) is 0. The number of rotatable bonds is 6. The van der Waals surface area contributed by atoms with Gasteiger partial charge in [-0.25, -0.2) is 9.97 Å². The number of aromatic nitrogens is 4. The van der Waals surface area contributed by atoms with E-state index < -0.39 is 0 Å². The first-order valence-electron chi connectivity index (χ1n) is 8.24. The molecule has 1 unspecified atom stereocenters. The van der Waals surface area contributed by atoms with Crippen LogP contribution in [0.15, 0.2) is 25.0 Å². The van der Waals surface area contributed by atoms with Crippen LogP contribution in [0.4, 0.5) is 17.3 Å². The fourth-order valence-electron chi connectivity index (χ4n) is 2.46. The van der Waals surface area contributed by atoms with E-state index in [0.717, 1.165) is 24.4 Å². The van der Waals surface area contributed by atoms with Gasteiger partial charge in [-0.15, -0.1) is 10.2 Å². The number of nitriles is 1. The van der Waals surface area contributed by atoms with Gasteiger partial charge in [0.25, 0.3) is 0 Å². The number of morpholine rings is 1. The topological polar surface area (TPSA) is 121 Å². The summed E-state index contributed by atoms with van der Waals surface area (Å²) < 4.78 is 5.70. The molecule has 0 aromatic carbocycles. The Kier molecular flexibility index (Phi) is 5.68. The molecule has 3 rings (SSSR count). The maximum absolute atomic E-state index is 8.78. The molecule has 9 nitrogen and oxygen atoms in total. The molecular weight excluding hydrogens is 332 g/mol. The largest absolute Gasteiger partial charge is 0.380 e. The van der Waals surface area contributed by atoms with Crippen molar-refractivity contribution in [2.24, 2.45) is 0 Å². The van der Waals surface area contributed by atoms with E-state index in [0.29, 0.717) is 30.5 Å². The summed E-state index contributed by atoms with van der Waals surface area (Å²) >= 11 is 0. The standard InChI is InChI=1S/C17H20N8O/c1-11(2)17-14(21-9-13-8-19-3-4-26-13)5-15(24-25-17)23-16-10-20-12(6-18)7-22-16/h5,7,10,13,19H,1,3-4,8-9H2,2H3,(H2,21,22,23,24). The van der Waals surface area contributed by atoms with Crippen molar-refractivity contribution in [2.75, 3.05) is 36.9 Å². The number of hydrogen-bond donors (Lipinski definition) is 3. The number of hydrogen-bond acceptors (Lipinski definition) is 9. The predicted molar refractivity (Wildman–Crippen MR) is 97.9 cm³/mol. The molecule has 0 radical (unpaired) electrons. The normalized spacial score (nSPS) is 16.5. The van der Waals surface area contributed by atoms with Crippen LogP contribution < -0.4 is 16.0 Å². The van der Waals surface area contributed by atoms with Gasteiger partial charge in [0.2, 0.25) is 0 Å². The third-order valence-electron chi connectivity index (χ3n) is 3.75. The van der Waals surface area contributed by atoms with E-state index in [2.05, 4.69) is 42.7 Å². The predicted octanol–water partition coefficient (Wildman–Crippen LogP) is 1.32. The van der Waals surface area contributed by atoms with E-state index in [9.17, 15) is 0 Å². The van der Waals surface area contributed by atoms with Gasteiger partial charge in [0.05, 0.1) is 30.8 Å². The van der Waals surface area contributed by atoms with Crippen molar-refractivity contribution in [1.29, 1.82) is 5.26 Å². The minimum atomic E-state index is 0.0932. The molecule has 0 amide bonds. The van der Waals surface area contributed by atoms with Crippen molar-refractivity contribution < 1.29 is 4.74 Å². The second kappa shape index (κ2) is 8.33.